The van der Waals surface area contributed by atoms with E-state index < -0.39 is 17.3 Å². The Kier molecular flexibility index (Phi) is 8.22. The van der Waals surface area contributed by atoms with E-state index in [1.165, 1.54) is 0 Å². The summed E-state index contributed by atoms with van der Waals surface area (Å²) < 4.78 is 11.2. The number of fused-ring (bicyclic) bond motifs is 1. The van der Waals surface area contributed by atoms with Crippen LogP contribution in [0.4, 0.5) is 0 Å². The fourth-order valence-electron chi connectivity index (χ4n) is 4.74. The van der Waals surface area contributed by atoms with E-state index in [0.717, 1.165) is 41.5 Å². The highest BCUT2D eigenvalue weighted by Crippen LogP contribution is 2.34. The summed E-state index contributed by atoms with van der Waals surface area (Å²) in [6.45, 7) is 5.27. The number of ketones is 1. The Balaban J connectivity index is 1.36. The van der Waals surface area contributed by atoms with Gasteiger partial charge in [-0.15, -0.1) is 0 Å². The second-order valence-corrected chi connectivity index (χ2v) is 10.7. The minimum absolute atomic E-state index is 0.0861. The Morgan fingerprint density at radius 2 is 1.49 bits per heavy atom. The first-order valence-electron chi connectivity index (χ1n) is 12.8. The van der Waals surface area contributed by atoms with Crippen molar-refractivity contribution in [2.24, 2.45) is 11.3 Å². The summed E-state index contributed by atoms with van der Waals surface area (Å²) in [6, 6.07) is 24.7. The van der Waals surface area contributed by atoms with Gasteiger partial charge in [-0.25, -0.2) is 0 Å². The summed E-state index contributed by atoms with van der Waals surface area (Å²) in [5.74, 6) is -0.576. The first-order chi connectivity index (χ1) is 17.7. The first-order valence-corrected chi connectivity index (χ1v) is 12.8. The maximum absolute atomic E-state index is 13.1. The molecule has 0 heterocycles. The van der Waals surface area contributed by atoms with Crippen LogP contribution < -0.4 is 4.74 Å². The number of Topliss-reactive ketones (excluding diaryl/α,β-unsaturated/α-hetero) is 1. The fraction of sp³-hybridized carbons (Fsp3) is 0.344. The molecule has 0 spiro atoms. The van der Waals surface area contributed by atoms with Gasteiger partial charge in [-0.3, -0.25) is 14.4 Å². The van der Waals surface area contributed by atoms with Crippen LogP contribution in [0.1, 0.15) is 61.8 Å². The van der Waals surface area contributed by atoms with Crippen LogP contribution in [0.25, 0.3) is 0 Å². The molecule has 37 heavy (non-hydrogen) atoms. The molecular formula is C32H34O5. The molecule has 0 bridgehead atoms. The molecule has 0 fully saturated rings. The molecule has 5 nitrogen and oxygen atoms in total. The maximum Gasteiger partial charge on any atom is 0.318 e. The number of benzene rings is 3. The Morgan fingerprint density at radius 3 is 2.08 bits per heavy atom. The van der Waals surface area contributed by atoms with E-state index in [1.54, 1.807) is 0 Å². The number of rotatable bonds is 8. The molecule has 192 valence electrons. The molecule has 0 aliphatic heterocycles. The lowest BCUT2D eigenvalue weighted by Crippen LogP contribution is -2.27. The van der Waals surface area contributed by atoms with Crippen LogP contribution in [0.15, 0.2) is 78.9 Å². The van der Waals surface area contributed by atoms with E-state index >= 15 is 0 Å². The van der Waals surface area contributed by atoms with Gasteiger partial charge in [0.05, 0.1) is 5.41 Å². The fourth-order valence-corrected chi connectivity index (χ4v) is 4.74. The Labute approximate surface area is 218 Å². The van der Waals surface area contributed by atoms with E-state index in [2.05, 4.69) is 0 Å². The van der Waals surface area contributed by atoms with E-state index in [1.807, 2.05) is 99.6 Å². The standard InChI is InChI=1S/C32H34O5/c1-32(2,3)31(35)37-28-16-10-15-25-19-22(17-18-27(25)28)20-26(33)21-36-30(34)29(23-11-6-4-7-12-23)24-13-8-5-9-14-24/h4-16,22,29H,17-21H2,1-3H3. The molecule has 1 aliphatic carbocycles. The smallest absolute Gasteiger partial charge is 0.318 e. The highest BCUT2D eigenvalue weighted by molar-refractivity contribution is 5.86. The van der Waals surface area contributed by atoms with Gasteiger partial charge in [0.15, 0.2) is 5.78 Å². The Bertz CT molecular complexity index is 1200. The molecule has 5 heteroatoms. The lowest BCUT2D eigenvalue weighted by atomic mass is 9.81. The molecule has 4 rings (SSSR count). The van der Waals surface area contributed by atoms with Gasteiger partial charge < -0.3 is 9.47 Å². The van der Waals surface area contributed by atoms with E-state index in [-0.39, 0.29) is 24.3 Å². The monoisotopic (exact) mass is 498 g/mol. The quantitative estimate of drug-likeness (QED) is 0.278. The van der Waals surface area contributed by atoms with Gasteiger partial charge in [-0.1, -0.05) is 72.8 Å². The van der Waals surface area contributed by atoms with Crippen LogP contribution in [-0.4, -0.2) is 24.3 Å². The van der Waals surface area contributed by atoms with Crippen molar-refractivity contribution in [1.82, 2.24) is 0 Å². The van der Waals surface area contributed by atoms with Crippen molar-refractivity contribution in [1.29, 1.82) is 0 Å². The van der Waals surface area contributed by atoms with Crippen LogP contribution in [0.2, 0.25) is 0 Å². The maximum atomic E-state index is 13.1. The SMILES string of the molecule is CC(C)(C)C(=O)Oc1cccc2c1CCC(CC(=O)COC(=O)C(c1ccccc1)c1ccccc1)C2. The summed E-state index contributed by atoms with van der Waals surface area (Å²) in [6.07, 6.45) is 2.63. The Hall–Kier alpha value is -3.73. The molecule has 0 amide bonds. The highest BCUT2D eigenvalue weighted by Gasteiger charge is 2.29. The van der Waals surface area contributed by atoms with Crippen molar-refractivity contribution in [3.05, 3.63) is 101 Å². The van der Waals surface area contributed by atoms with Crippen LogP contribution in [0, 0.1) is 11.3 Å². The number of carbonyl (C=O) groups excluding carboxylic acids is 3. The van der Waals surface area contributed by atoms with Crippen LogP contribution in [0.5, 0.6) is 5.75 Å². The lowest BCUT2D eigenvalue weighted by Gasteiger charge is -2.26. The average molecular weight is 499 g/mol. The predicted molar refractivity (Wildman–Crippen MR) is 142 cm³/mol. The zero-order valence-corrected chi connectivity index (χ0v) is 21.7. The summed E-state index contributed by atoms with van der Waals surface area (Å²) in [4.78, 5) is 38.3. The van der Waals surface area contributed by atoms with Crippen molar-refractivity contribution in [3.63, 3.8) is 0 Å². The second-order valence-electron chi connectivity index (χ2n) is 10.7. The molecule has 0 N–H and O–H groups in total. The third-order valence-electron chi connectivity index (χ3n) is 6.75. The van der Waals surface area contributed by atoms with Gasteiger partial charge >= 0.3 is 11.9 Å². The number of hydrogen-bond acceptors (Lipinski definition) is 5. The molecule has 1 atom stereocenters. The summed E-state index contributed by atoms with van der Waals surface area (Å²) in [7, 11) is 0. The second kappa shape index (κ2) is 11.5. The van der Waals surface area contributed by atoms with Gasteiger partial charge in [-0.05, 0) is 74.3 Å². The molecule has 1 aliphatic rings. The van der Waals surface area contributed by atoms with Crippen molar-refractivity contribution in [2.75, 3.05) is 6.61 Å². The number of esters is 2. The predicted octanol–water partition coefficient (Wildman–Crippen LogP) is 6.08. The highest BCUT2D eigenvalue weighted by atomic mass is 16.5. The number of carbonyl (C=O) groups is 3. The van der Waals surface area contributed by atoms with Crippen molar-refractivity contribution >= 4 is 17.7 Å². The summed E-state index contributed by atoms with van der Waals surface area (Å²) in [5.41, 5.74) is 3.23. The van der Waals surface area contributed by atoms with Gasteiger partial charge in [0.1, 0.15) is 18.3 Å². The van der Waals surface area contributed by atoms with Gasteiger partial charge in [0.25, 0.3) is 0 Å². The molecular weight excluding hydrogens is 464 g/mol. The van der Waals surface area contributed by atoms with E-state index in [4.69, 9.17) is 9.47 Å². The molecule has 0 aromatic heterocycles. The normalized spacial score (nSPS) is 15.1. The Morgan fingerprint density at radius 1 is 0.865 bits per heavy atom. The van der Waals surface area contributed by atoms with E-state index in [0.29, 0.717) is 12.2 Å². The number of ether oxygens (including phenoxy) is 2. The first kappa shape index (κ1) is 26.3. The molecule has 3 aromatic carbocycles. The zero-order valence-electron chi connectivity index (χ0n) is 21.7. The van der Waals surface area contributed by atoms with Gasteiger partial charge in [-0.2, -0.15) is 0 Å². The summed E-state index contributed by atoms with van der Waals surface area (Å²) in [5, 5.41) is 0. The molecule has 1 unspecified atom stereocenters. The molecule has 0 saturated carbocycles. The average Bonchev–Trinajstić information content (AvgIpc) is 2.88. The third kappa shape index (κ3) is 6.73. The molecule has 0 saturated heterocycles. The van der Waals surface area contributed by atoms with Gasteiger partial charge in [0, 0.05) is 6.42 Å². The van der Waals surface area contributed by atoms with Crippen molar-refractivity contribution in [3.8, 4) is 5.75 Å². The largest absolute Gasteiger partial charge is 0.457 e. The molecule has 0 radical (unpaired) electrons. The third-order valence-corrected chi connectivity index (χ3v) is 6.75. The molecule has 3 aromatic rings. The van der Waals surface area contributed by atoms with Gasteiger partial charge in [0.2, 0.25) is 0 Å². The summed E-state index contributed by atoms with van der Waals surface area (Å²) >= 11 is 0. The topological polar surface area (TPSA) is 69.7 Å². The van der Waals surface area contributed by atoms with Crippen molar-refractivity contribution < 1.29 is 23.9 Å². The van der Waals surface area contributed by atoms with Crippen LogP contribution in [-0.2, 0) is 32.0 Å². The van der Waals surface area contributed by atoms with E-state index in [9.17, 15) is 14.4 Å². The van der Waals surface area contributed by atoms with Crippen LogP contribution in [0.3, 0.4) is 0 Å². The van der Waals surface area contributed by atoms with Crippen molar-refractivity contribution in [2.45, 2.75) is 52.4 Å². The van der Waals surface area contributed by atoms with Crippen LogP contribution >= 0.6 is 0 Å². The minimum atomic E-state index is -0.580. The zero-order chi connectivity index (χ0) is 26.4. The lowest BCUT2D eigenvalue weighted by molar-refractivity contribution is -0.148. The minimum Gasteiger partial charge on any atom is -0.457 e. The number of hydrogen-bond donors (Lipinski definition) is 0.